The van der Waals surface area contributed by atoms with Crippen LogP contribution in [-0.4, -0.2) is 15.6 Å². The van der Waals surface area contributed by atoms with E-state index in [1.807, 2.05) is 69.9 Å². The first-order valence-electron chi connectivity index (χ1n) is 21.2. The fourth-order valence-corrected chi connectivity index (χ4v) is 8.77. The zero-order chi connectivity index (χ0) is 43.6. The lowest BCUT2D eigenvalue weighted by Crippen LogP contribution is -2.12. The number of para-hydroxylation sites is 4. The molecule has 9 aromatic rings. The first kappa shape index (κ1) is 39.7. The molecule has 2 aromatic heterocycles. The molecule has 0 aliphatic carbocycles. The Morgan fingerprint density at radius 2 is 1.16 bits per heavy atom. The van der Waals surface area contributed by atoms with Gasteiger partial charge in [0.05, 0.1) is 22.7 Å². The van der Waals surface area contributed by atoms with Gasteiger partial charge in [-0.3, -0.25) is 4.57 Å². The van der Waals surface area contributed by atoms with Crippen LogP contribution in [-0.2, 0) is 10.8 Å². The van der Waals surface area contributed by atoms with Crippen LogP contribution in [0.15, 0.2) is 170 Å². The van der Waals surface area contributed by atoms with Crippen molar-refractivity contribution in [3.05, 3.63) is 193 Å². The van der Waals surface area contributed by atoms with E-state index in [1.165, 1.54) is 23.3 Å². The summed E-state index contributed by atoms with van der Waals surface area (Å²) in [6.07, 6.45) is 1.89. The quantitative estimate of drug-likeness (QED) is 0.150. The largest absolute Gasteiger partial charge is 0.503 e. The molecular weight excluding hydrogens is 783 g/mol. The predicted molar refractivity (Wildman–Crippen MR) is 254 cm³/mol. The summed E-state index contributed by atoms with van der Waals surface area (Å²) in [5.74, 6) is 0.903. The normalized spacial score (nSPS) is 12.7. The highest BCUT2D eigenvalue weighted by Crippen LogP contribution is 2.44. The number of ether oxygens (including phenoxy) is 1. The second kappa shape index (κ2) is 15.2. The third-order valence-corrected chi connectivity index (χ3v) is 11.8. The summed E-state index contributed by atoms with van der Waals surface area (Å²) < 4.78 is 42.4. The maximum absolute atomic E-state index is 14.6. The number of hydrogen-bond acceptors (Lipinski definition) is 2. The third-order valence-electron chi connectivity index (χ3n) is 11.8. The molecular formula is C56H46F2N4O+2. The fourth-order valence-electron chi connectivity index (χ4n) is 8.77. The molecule has 0 amide bonds. The van der Waals surface area contributed by atoms with Crippen molar-refractivity contribution in [3.63, 3.8) is 0 Å². The topological polar surface area (TPSA) is 33.1 Å². The lowest BCUT2D eigenvalue weighted by Gasteiger charge is -2.23. The van der Waals surface area contributed by atoms with E-state index in [-0.39, 0.29) is 10.8 Å². The van der Waals surface area contributed by atoms with Crippen LogP contribution in [0.1, 0.15) is 52.7 Å². The zero-order valence-electron chi connectivity index (χ0n) is 36.1. The van der Waals surface area contributed by atoms with E-state index in [0.29, 0.717) is 22.6 Å². The molecule has 308 valence electrons. The van der Waals surface area contributed by atoms with Crippen molar-refractivity contribution in [2.45, 2.75) is 52.4 Å². The number of aromatic nitrogens is 2. The molecule has 3 heterocycles. The van der Waals surface area contributed by atoms with Crippen LogP contribution in [0.3, 0.4) is 0 Å². The van der Waals surface area contributed by atoms with E-state index < -0.39 is 11.6 Å². The van der Waals surface area contributed by atoms with Crippen LogP contribution >= 0.6 is 0 Å². The average molecular weight is 829 g/mol. The van der Waals surface area contributed by atoms with Gasteiger partial charge < -0.3 is 4.74 Å². The molecule has 63 heavy (non-hydrogen) atoms. The number of rotatable bonds is 7. The van der Waals surface area contributed by atoms with Gasteiger partial charge in [0.25, 0.3) is 11.4 Å². The molecule has 0 saturated heterocycles. The van der Waals surface area contributed by atoms with Gasteiger partial charge >= 0.3 is 6.01 Å². The van der Waals surface area contributed by atoms with Crippen molar-refractivity contribution in [1.82, 2.24) is 18.7 Å². The zero-order valence-corrected chi connectivity index (χ0v) is 36.1. The van der Waals surface area contributed by atoms with E-state index in [1.54, 1.807) is 0 Å². The number of halogens is 2. The van der Waals surface area contributed by atoms with Gasteiger partial charge in [-0.05, 0) is 102 Å². The molecule has 7 aromatic carbocycles. The minimum absolute atomic E-state index is 0.0507. The summed E-state index contributed by atoms with van der Waals surface area (Å²) in [5, 5.41) is 2.24. The van der Waals surface area contributed by atoms with Gasteiger partial charge in [-0.2, -0.15) is 0 Å². The van der Waals surface area contributed by atoms with Gasteiger partial charge in [-0.15, -0.1) is 0 Å². The standard InChI is InChI=1S/C56H46F2N4O/c1-55(2,3)38-25-26-59-54(31-38)62-50-20-12-9-17-46(50)47-24-23-42(34-53(47)62)63-43-30-37(44-15-7-10-18-48(44)56(4,5)6)29-41(33-43)60-35-61(52-22-14-13-21-51(52)60)49-19-11-8-16-45(49)36-27-39(57)32-40(58)28-36/h7-34H,1-6H3/q+2. The number of benzene rings is 7. The smallest absolute Gasteiger partial charge is 0.457 e. The van der Waals surface area contributed by atoms with Gasteiger partial charge in [0.15, 0.2) is 0 Å². The number of nitrogens with zero attached hydrogens (tertiary/aromatic N) is 4. The van der Waals surface area contributed by atoms with Crippen molar-refractivity contribution in [2.24, 2.45) is 0 Å². The lowest BCUT2D eigenvalue weighted by molar-refractivity contribution is 0.483. The van der Waals surface area contributed by atoms with E-state index >= 15 is 0 Å². The SMILES string of the molecule is CC(C)(C)c1ccnc(-n2c3ccccc3c3ccc(Oc4cc(-c5ccccc5C(C)(C)C)cc([N+]5=C=[N+](c6ccccc6-c6cc(F)cc(F)c6)c6ccccc65)c4)cc32)c1. The molecule has 0 spiro atoms. The Kier molecular flexibility index (Phi) is 9.54. The van der Waals surface area contributed by atoms with Crippen molar-refractivity contribution >= 4 is 50.6 Å². The van der Waals surface area contributed by atoms with E-state index in [0.717, 1.165) is 67.6 Å². The first-order valence-corrected chi connectivity index (χ1v) is 21.2. The second-order valence-corrected chi connectivity index (χ2v) is 18.2. The van der Waals surface area contributed by atoms with Crippen molar-refractivity contribution in [1.29, 1.82) is 0 Å². The maximum atomic E-state index is 14.6. The van der Waals surface area contributed by atoms with Gasteiger partial charge in [-0.1, -0.05) is 108 Å². The fraction of sp³-hybridized carbons (Fsp3) is 0.143. The Bertz CT molecular complexity index is 3340. The summed E-state index contributed by atoms with van der Waals surface area (Å²) in [6.45, 7) is 13.3. The minimum Gasteiger partial charge on any atom is -0.457 e. The number of fused-ring (bicyclic) bond motifs is 4. The average Bonchev–Trinajstić information content (AvgIpc) is 3.81. The van der Waals surface area contributed by atoms with Crippen LogP contribution in [0.25, 0.3) is 49.9 Å². The summed E-state index contributed by atoms with van der Waals surface area (Å²) in [7, 11) is 0. The van der Waals surface area contributed by atoms with Crippen LogP contribution in [0.2, 0.25) is 0 Å². The van der Waals surface area contributed by atoms with Gasteiger partial charge in [0.1, 0.15) is 29.0 Å². The molecule has 1 aliphatic heterocycles. The Hall–Kier alpha value is -7.47. The monoisotopic (exact) mass is 828 g/mol. The first-order chi connectivity index (χ1) is 30.3. The second-order valence-electron chi connectivity index (χ2n) is 18.2. The van der Waals surface area contributed by atoms with E-state index in [4.69, 9.17) is 9.72 Å². The maximum Gasteiger partial charge on any atom is 0.503 e. The summed E-state index contributed by atoms with van der Waals surface area (Å²) in [4.78, 5) is 4.89. The summed E-state index contributed by atoms with van der Waals surface area (Å²) in [6, 6.07) is 56.7. The lowest BCUT2D eigenvalue weighted by atomic mass is 9.82. The van der Waals surface area contributed by atoms with Crippen LogP contribution in [0.4, 0.5) is 31.5 Å². The molecule has 0 unspecified atom stereocenters. The number of pyridine rings is 1. The highest BCUT2D eigenvalue weighted by Gasteiger charge is 2.38. The van der Waals surface area contributed by atoms with Crippen LogP contribution < -0.4 is 13.9 Å². The van der Waals surface area contributed by atoms with Crippen molar-refractivity contribution in [2.75, 3.05) is 0 Å². The molecule has 0 fully saturated rings. The van der Waals surface area contributed by atoms with Crippen molar-refractivity contribution < 1.29 is 13.5 Å². The van der Waals surface area contributed by atoms with Gasteiger partial charge in [-0.25, -0.2) is 13.8 Å². The summed E-state index contributed by atoms with van der Waals surface area (Å²) >= 11 is 0. The molecule has 0 atom stereocenters. The van der Waals surface area contributed by atoms with Gasteiger partial charge in [0.2, 0.25) is 11.4 Å². The molecule has 5 nitrogen and oxygen atoms in total. The molecule has 10 rings (SSSR count). The Morgan fingerprint density at radius 3 is 1.90 bits per heavy atom. The number of hydrogen-bond donors (Lipinski definition) is 0. The highest BCUT2D eigenvalue weighted by atomic mass is 19.1. The molecule has 0 saturated carbocycles. The minimum atomic E-state index is -0.636. The Labute approximate surface area is 366 Å². The van der Waals surface area contributed by atoms with E-state index in [2.05, 4.69) is 143 Å². The van der Waals surface area contributed by atoms with Crippen LogP contribution in [0.5, 0.6) is 11.5 Å². The van der Waals surface area contributed by atoms with Gasteiger partial charge in [0, 0.05) is 53.4 Å². The Balaban J connectivity index is 1.17. The molecule has 0 N–H and O–H groups in total. The van der Waals surface area contributed by atoms with E-state index in [9.17, 15) is 8.78 Å². The van der Waals surface area contributed by atoms with Crippen LogP contribution in [0, 0.1) is 11.6 Å². The Morgan fingerprint density at radius 1 is 0.524 bits per heavy atom. The third kappa shape index (κ3) is 7.30. The molecule has 0 radical (unpaired) electrons. The molecule has 7 heteroatoms. The molecule has 0 bridgehead atoms. The molecule has 1 aliphatic rings. The van der Waals surface area contributed by atoms with Crippen molar-refractivity contribution in [3.8, 4) is 39.6 Å². The predicted octanol–water partition coefficient (Wildman–Crippen LogP) is 15.0. The highest BCUT2D eigenvalue weighted by molar-refractivity contribution is 6.09. The summed E-state index contributed by atoms with van der Waals surface area (Å²) in [5.41, 5.74) is 10.8.